The monoisotopic (exact) mass is 415 g/mol. The molecule has 5 heteroatoms. The van der Waals surface area contributed by atoms with Gasteiger partial charge < -0.3 is 4.55 Å². The van der Waals surface area contributed by atoms with Crippen molar-refractivity contribution in [1.82, 2.24) is 0 Å². The first-order valence-corrected chi connectivity index (χ1v) is 11.3. The van der Waals surface area contributed by atoms with Gasteiger partial charge in [-0.1, -0.05) is 60.7 Å². The Morgan fingerprint density at radius 2 is 1.14 bits per heavy atom. The van der Waals surface area contributed by atoms with E-state index in [1.54, 1.807) is 12.1 Å². The molecule has 0 fully saturated rings. The van der Waals surface area contributed by atoms with Gasteiger partial charge in [0, 0.05) is 16.0 Å². The minimum Gasteiger partial charge on any atom is -0.768 e. The Hall–Kier alpha value is -2.86. The Morgan fingerprint density at radius 1 is 0.621 bits per heavy atom. The minimum absolute atomic E-state index is 0.200. The molecule has 0 saturated heterocycles. The van der Waals surface area contributed by atoms with Crippen LogP contribution in [-0.2, 0) is 21.9 Å². The van der Waals surface area contributed by atoms with Crippen molar-refractivity contribution in [3.05, 3.63) is 91.0 Å². The van der Waals surface area contributed by atoms with Crippen LogP contribution in [0.2, 0.25) is 0 Å². The summed E-state index contributed by atoms with van der Waals surface area (Å²) < 4.78 is 35.5. The fourth-order valence-electron chi connectivity index (χ4n) is 3.67. The predicted octanol–water partition coefficient (Wildman–Crippen LogP) is 5.41. The minimum atomic E-state index is -2.32. The van der Waals surface area contributed by atoms with Crippen LogP contribution in [-0.4, -0.2) is 13.0 Å². The molecule has 142 valence electrons. The van der Waals surface area contributed by atoms with Crippen LogP contribution < -0.4 is 0 Å². The normalized spacial score (nSPS) is 15.6. The molecule has 0 amide bonds. The lowest BCUT2D eigenvalue weighted by Gasteiger charge is -2.09. The molecule has 0 bridgehead atoms. The van der Waals surface area contributed by atoms with Crippen molar-refractivity contribution in [1.29, 1.82) is 0 Å². The van der Waals surface area contributed by atoms with Gasteiger partial charge in [0.15, 0.2) is 0 Å². The molecule has 0 aromatic heterocycles. The highest BCUT2D eigenvalue weighted by Gasteiger charge is 2.26. The largest absolute Gasteiger partial charge is 0.768 e. The summed E-state index contributed by atoms with van der Waals surface area (Å²) in [6.45, 7) is 0. The molecular weight excluding hydrogens is 400 g/mol. The van der Waals surface area contributed by atoms with Crippen LogP contribution in [0.3, 0.4) is 0 Å². The summed E-state index contributed by atoms with van der Waals surface area (Å²) in [7, 11) is -1.29. The lowest BCUT2D eigenvalue weighted by atomic mass is 9.97. The molecule has 3 nitrogen and oxygen atoms in total. The molecule has 1 aliphatic heterocycles. The summed E-state index contributed by atoms with van der Waals surface area (Å²) in [5.74, 6) is 0. The van der Waals surface area contributed by atoms with Gasteiger partial charge >= 0.3 is 0 Å². The SMILES string of the molecule is O=S([O-])c1ccc2c(c1)-c1cc(-c3ccc(-c4ccccc4)cc3)ccc1S2=O. The standard InChI is InChI=1S/C24H16O3S2/c25-28-23-12-10-19(14-21(23)22-15-20(29(26)27)11-13-24(22)28)18-8-6-17(7-9-18)16-4-2-1-3-5-16/h1-15H,(H,26,27)/p-1. The second kappa shape index (κ2) is 7.19. The van der Waals surface area contributed by atoms with Gasteiger partial charge in [-0.2, -0.15) is 0 Å². The van der Waals surface area contributed by atoms with E-state index in [0.717, 1.165) is 38.3 Å². The summed E-state index contributed by atoms with van der Waals surface area (Å²) in [5, 5.41) is 0. The van der Waals surface area contributed by atoms with Crippen molar-refractivity contribution in [3.8, 4) is 33.4 Å². The summed E-state index contributed by atoms with van der Waals surface area (Å²) in [6, 6.07) is 29.1. The number of hydrogen-bond donors (Lipinski definition) is 0. The van der Waals surface area contributed by atoms with Gasteiger partial charge in [-0.15, -0.1) is 0 Å². The maximum Gasteiger partial charge on any atom is 0.0862 e. The molecule has 2 unspecified atom stereocenters. The molecule has 29 heavy (non-hydrogen) atoms. The highest BCUT2D eigenvalue weighted by Crippen LogP contribution is 2.43. The van der Waals surface area contributed by atoms with E-state index in [1.165, 1.54) is 6.07 Å². The van der Waals surface area contributed by atoms with Crippen molar-refractivity contribution in [2.24, 2.45) is 0 Å². The van der Waals surface area contributed by atoms with E-state index in [0.29, 0.717) is 4.90 Å². The number of benzene rings is 4. The Morgan fingerprint density at radius 3 is 1.79 bits per heavy atom. The van der Waals surface area contributed by atoms with E-state index in [4.69, 9.17) is 0 Å². The molecule has 4 aromatic carbocycles. The zero-order valence-corrected chi connectivity index (χ0v) is 16.8. The van der Waals surface area contributed by atoms with Gasteiger partial charge in [0.05, 0.1) is 20.6 Å². The summed E-state index contributed by atoms with van der Waals surface area (Å²) >= 11 is -2.32. The van der Waals surface area contributed by atoms with E-state index < -0.39 is 21.9 Å². The molecule has 0 radical (unpaired) electrons. The molecule has 4 aromatic rings. The van der Waals surface area contributed by atoms with E-state index in [9.17, 15) is 13.0 Å². The third-order valence-corrected chi connectivity index (χ3v) is 7.29. The van der Waals surface area contributed by atoms with Gasteiger partial charge in [0.1, 0.15) is 0 Å². The molecule has 1 aliphatic rings. The van der Waals surface area contributed by atoms with Crippen molar-refractivity contribution in [3.63, 3.8) is 0 Å². The number of fused-ring (bicyclic) bond motifs is 3. The summed E-state index contributed by atoms with van der Waals surface area (Å²) in [5.41, 5.74) is 5.91. The van der Waals surface area contributed by atoms with Gasteiger partial charge in [0.2, 0.25) is 0 Å². The Labute approximate surface area is 173 Å². The van der Waals surface area contributed by atoms with E-state index >= 15 is 0 Å². The number of rotatable bonds is 3. The molecule has 0 N–H and O–H groups in total. The smallest absolute Gasteiger partial charge is 0.0862 e. The molecule has 0 aliphatic carbocycles. The first-order chi connectivity index (χ1) is 14.1. The van der Waals surface area contributed by atoms with E-state index in [1.807, 2.05) is 36.4 Å². The van der Waals surface area contributed by atoms with Crippen molar-refractivity contribution in [2.45, 2.75) is 14.7 Å². The van der Waals surface area contributed by atoms with Gasteiger partial charge in [-0.25, -0.2) is 4.21 Å². The quantitative estimate of drug-likeness (QED) is 0.371. The second-order valence-corrected chi connectivity index (χ2v) is 9.17. The Balaban J connectivity index is 1.57. The maximum atomic E-state index is 12.8. The van der Waals surface area contributed by atoms with Crippen molar-refractivity contribution in [2.75, 3.05) is 0 Å². The average Bonchev–Trinajstić information content (AvgIpc) is 3.05. The molecule has 0 spiro atoms. The zero-order chi connectivity index (χ0) is 20.0. The lowest BCUT2D eigenvalue weighted by Crippen LogP contribution is -1.90. The topological polar surface area (TPSA) is 57.2 Å². The second-order valence-electron chi connectivity index (χ2n) is 6.82. The molecule has 2 atom stereocenters. The molecule has 5 rings (SSSR count). The van der Waals surface area contributed by atoms with Crippen LogP contribution in [0.4, 0.5) is 0 Å². The van der Waals surface area contributed by atoms with E-state index in [-0.39, 0.29) is 4.90 Å². The maximum absolute atomic E-state index is 12.8. The van der Waals surface area contributed by atoms with E-state index in [2.05, 4.69) is 36.4 Å². The zero-order valence-electron chi connectivity index (χ0n) is 15.2. The van der Waals surface area contributed by atoms with Crippen LogP contribution in [0.5, 0.6) is 0 Å². The Kier molecular flexibility index (Phi) is 4.51. The summed E-state index contributed by atoms with van der Waals surface area (Å²) in [4.78, 5) is 1.58. The van der Waals surface area contributed by atoms with Crippen molar-refractivity contribution >= 4 is 21.9 Å². The Bertz CT molecular complexity index is 1280. The predicted molar refractivity (Wildman–Crippen MR) is 115 cm³/mol. The van der Waals surface area contributed by atoms with Gasteiger partial charge in [-0.05, 0) is 63.7 Å². The summed E-state index contributed by atoms with van der Waals surface area (Å²) in [6.07, 6.45) is 0. The first kappa shape index (κ1) is 18.2. The first-order valence-electron chi connectivity index (χ1n) is 9.07. The third kappa shape index (κ3) is 3.17. The fraction of sp³-hybridized carbons (Fsp3) is 0. The van der Waals surface area contributed by atoms with Gasteiger partial charge in [0.25, 0.3) is 0 Å². The lowest BCUT2D eigenvalue weighted by molar-refractivity contribution is 0.537. The molecule has 1 heterocycles. The average molecular weight is 416 g/mol. The van der Waals surface area contributed by atoms with Crippen LogP contribution in [0, 0.1) is 0 Å². The molecule has 0 saturated carbocycles. The highest BCUT2D eigenvalue weighted by molar-refractivity contribution is 7.85. The van der Waals surface area contributed by atoms with Crippen molar-refractivity contribution < 1.29 is 13.0 Å². The number of hydrogen-bond acceptors (Lipinski definition) is 3. The molecular formula is C24H15O3S2-. The van der Waals surface area contributed by atoms with Crippen LogP contribution in [0.1, 0.15) is 0 Å². The van der Waals surface area contributed by atoms with Crippen LogP contribution in [0.15, 0.2) is 106 Å². The van der Waals surface area contributed by atoms with Crippen LogP contribution >= 0.6 is 0 Å². The third-order valence-electron chi connectivity index (χ3n) is 5.14. The highest BCUT2D eigenvalue weighted by atomic mass is 32.2. The van der Waals surface area contributed by atoms with Crippen LogP contribution in [0.25, 0.3) is 33.4 Å². The van der Waals surface area contributed by atoms with Gasteiger partial charge in [-0.3, -0.25) is 4.21 Å². The fourth-order valence-corrected chi connectivity index (χ4v) is 5.42.